The van der Waals surface area contributed by atoms with Crippen LogP contribution < -0.4 is 0 Å². The monoisotopic (exact) mass is 317 g/mol. The first kappa shape index (κ1) is 16.2. The van der Waals surface area contributed by atoms with Crippen LogP contribution in [0.3, 0.4) is 0 Å². The second-order valence-corrected chi connectivity index (χ2v) is 6.82. The number of nitrogens with zero attached hydrogens (tertiary/aromatic N) is 1. The van der Waals surface area contributed by atoms with Crippen molar-refractivity contribution in [2.24, 2.45) is 4.40 Å². The summed E-state index contributed by atoms with van der Waals surface area (Å²) in [5, 5.41) is 0. The molecule has 0 saturated carbocycles. The van der Waals surface area contributed by atoms with Crippen molar-refractivity contribution in [3.05, 3.63) is 65.7 Å². The fourth-order valence-corrected chi connectivity index (χ4v) is 2.77. The quantitative estimate of drug-likeness (QED) is 0.640. The third-order valence-electron chi connectivity index (χ3n) is 2.89. The summed E-state index contributed by atoms with van der Waals surface area (Å²) in [5.74, 6) is 0.108. The predicted molar refractivity (Wildman–Crippen MR) is 87.6 cm³/mol. The first-order chi connectivity index (χ1) is 10.4. The number of rotatable bonds is 4. The van der Waals surface area contributed by atoms with E-state index >= 15 is 0 Å². The van der Waals surface area contributed by atoms with Crippen molar-refractivity contribution in [1.29, 1.82) is 0 Å². The average Bonchev–Trinajstić information content (AvgIpc) is 2.47. The maximum atomic E-state index is 12.4. The van der Waals surface area contributed by atoms with Crippen LogP contribution in [-0.4, -0.2) is 20.4 Å². The van der Waals surface area contributed by atoms with Crippen molar-refractivity contribution in [2.75, 3.05) is 0 Å². The Morgan fingerprint density at radius 2 is 1.59 bits per heavy atom. The molecule has 0 amide bonds. The molecule has 0 fully saturated rings. The van der Waals surface area contributed by atoms with Crippen LogP contribution in [-0.2, 0) is 14.8 Å². The molecule has 116 valence electrons. The summed E-state index contributed by atoms with van der Waals surface area (Å²) in [6, 6.07) is 15.6. The molecule has 0 saturated heterocycles. The zero-order valence-electron chi connectivity index (χ0n) is 12.9. The Bertz CT molecular complexity index is 748. The number of hydrogen-bond donors (Lipinski definition) is 0. The molecule has 0 radical (unpaired) electrons. The minimum absolute atomic E-state index is 0.108. The third-order valence-corrected chi connectivity index (χ3v) is 4.16. The zero-order valence-corrected chi connectivity index (χ0v) is 13.7. The SMILES string of the molecule is Cc1ccc(S(=O)(=O)/N=C(\OC(C)C)c2ccccc2)cc1. The molecule has 0 atom stereocenters. The van der Waals surface area contributed by atoms with Gasteiger partial charge in [0.2, 0.25) is 5.90 Å². The van der Waals surface area contributed by atoms with E-state index in [0.717, 1.165) is 5.56 Å². The molecule has 0 heterocycles. The van der Waals surface area contributed by atoms with Crippen molar-refractivity contribution in [1.82, 2.24) is 0 Å². The first-order valence-corrected chi connectivity index (χ1v) is 8.46. The van der Waals surface area contributed by atoms with Gasteiger partial charge >= 0.3 is 0 Å². The van der Waals surface area contributed by atoms with Gasteiger partial charge in [-0.25, -0.2) is 0 Å². The molecule has 0 N–H and O–H groups in total. The Balaban J connectivity index is 2.46. The minimum Gasteiger partial charge on any atom is -0.474 e. The molecule has 4 nitrogen and oxygen atoms in total. The Kier molecular flexibility index (Phi) is 4.98. The van der Waals surface area contributed by atoms with Gasteiger partial charge in [0, 0.05) is 5.56 Å². The number of aryl methyl sites for hydroxylation is 1. The highest BCUT2D eigenvalue weighted by molar-refractivity contribution is 7.90. The van der Waals surface area contributed by atoms with E-state index in [-0.39, 0.29) is 16.9 Å². The van der Waals surface area contributed by atoms with Crippen molar-refractivity contribution in [3.63, 3.8) is 0 Å². The van der Waals surface area contributed by atoms with E-state index in [1.807, 2.05) is 39.0 Å². The maximum absolute atomic E-state index is 12.4. The Morgan fingerprint density at radius 3 is 2.14 bits per heavy atom. The highest BCUT2D eigenvalue weighted by atomic mass is 32.2. The molecule has 22 heavy (non-hydrogen) atoms. The molecule has 0 aliphatic heterocycles. The van der Waals surface area contributed by atoms with Crippen molar-refractivity contribution < 1.29 is 13.2 Å². The molecule has 2 aromatic rings. The van der Waals surface area contributed by atoms with Gasteiger partial charge in [-0.1, -0.05) is 35.9 Å². The van der Waals surface area contributed by atoms with Gasteiger partial charge < -0.3 is 4.74 Å². The topological polar surface area (TPSA) is 55.7 Å². The molecule has 5 heteroatoms. The van der Waals surface area contributed by atoms with Crippen LogP contribution in [0, 0.1) is 6.92 Å². The van der Waals surface area contributed by atoms with Gasteiger partial charge in [-0.2, -0.15) is 8.42 Å². The van der Waals surface area contributed by atoms with Gasteiger partial charge in [0.25, 0.3) is 10.0 Å². The summed E-state index contributed by atoms with van der Waals surface area (Å²) >= 11 is 0. The summed E-state index contributed by atoms with van der Waals surface area (Å²) < 4.78 is 34.4. The second-order valence-electron chi connectivity index (χ2n) is 5.22. The smallest absolute Gasteiger partial charge is 0.285 e. The van der Waals surface area contributed by atoms with Crippen LogP contribution >= 0.6 is 0 Å². The fraction of sp³-hybridized carbons (Fsp3) is 0.235. The van der Waals surface area contributed by atoms with Crippen LogP contribution in [0.15, 0.2) is 63.9 Å². The minimum atomic E-state index is -3.81. The van der Waals surface area contributed by atoms with Gasteiger partial charge in [0.1, 0.15) is 0 Å². The summed E-state index contributed by atoms with van der Waals surface area (Å²) in [6.07, 6.45) is -0.174. The largest absolute Gasteiger partial charge is 0.474 e. The van der Waals surface area contributed by atoms with E-state index < -0.39 is 10.0 Å². The Labute approximate surface area is 131 Å². The van der Waals surface area contributed by atoms with Crippen molar-refractivity contribution in [3.8, 4) is 0 Å². The van der Waals surface area contributed by atoms with Crippen LogP contribution in [0.1, 0.15) is 25.0 Å². The maximum Gasteiger partial charge on any atom is 0.285 e. The second kappa shape index (κ2) is 6.75. The van der Waals surface area contributed by atoms with Gasteiger partial charge in [-0.3, -0.25) is 0 Å². The summed E-state index contributed by atoms with van der Waals surface area (Å²) in [5.41, 5.74) is 1.62. The van der Waals surface area contributed by atoms with E-state index in [1.165, 1.54) is 0 Å². The van der Waals surface area contributed by atoms with Gasteiger partial charge in [-0.15, -0.1) is 4.40 Å². The summed E-state index contributed by atoms with van der Waals surface area (Å²) in [7, 11) is -3.81. The van der Waals surface area contributed by atoms with Crippen LogP contribution in [0.4, 0.5) is 0 Å². The number of sulfonamides is 1. The normalized spacial score (nSPS) is 12.5. The number of hydrogen-bond acceptors (Lipinski definition) is 3. The van der Waals surface area contributed by atoms with Crippen molar-refractivity contribution >= 4 is 15.9 Å². The van der Waals surface area contributed by atoms with Gasteiger partial charge in [0.15, 0.2) is 0 Å². The summed E-state index contributed by atoms with van der Waals surface area (Å²) in [6.45, 7) is 5.56. The van der Waals surface area contributed by atoms with Crippen LogP contribution in [0.25, 0.3) is 0 Å². The first-order valence-electron chi connectivity index (χ1n) is 7.02. The predicted octanol–water partition coefficient (Wildman–Crippen LogP) is 3.56. The highest BCUT2D eigenvalue weighted by Gasteiger charge is 2.17. The molecule has 2 aromatic carbocycles. The van der Waals surface area contributed by atoms with Gasteiger partial charge in [0.05, 0.1) is 11.0 Å². The average molecular weight is 317 g/mol. The zero-order chi connectivity index (χ0) is 16.2. The van der Waals surface area contributed by atoms with E-state index in [0.29, 0.717) is 5.56 Å². The van der Waals surface area contributed by atoms with E-state index in [9.17, 15) is 8.42 Å². The Morgan fingerprint density at radius 1 is 1.00 bits per heavy atom. The standard InChI is InChI=1S/C17H19NO3S/c1-13(2)21-17(15-7-5-4-6-8-15)18-22(19,20)16-11-9-14(3)10-12-16/h4-13H,1-3H3/b18-17-. The number of ether oxygens (including phenoxy) is 1. The lowest BCUT2D eigenvalue weighted by Crippen LogP contribution is -2.15. The highest BCUT2D eigenvalue weighted by Crippen LogP contribution is 2.16. The van der Waals surface area contributed by atoms with E-state index in [1.54, 1.807) is 36.4 Å². The molecule has 0 aliphatic rings. The van der Waals surface area contributed by atoms with Crippen molar-refractivity contribution in [2.45, 2.75) is 31.8 Å². The molecular formula is C17H19NO3S. The van der Waals surface area contributed by atoms with Crippen LogP contribution in [0.2, 0.25) is 0 Å². The lowest BCUT2D eigenvalue weighted by molar-refractivity contribution is 0.230. The molecule has 0 aromatic heterocycles. The Hall–Kier alpha value is -2.14. The molecule has 0 bridgehead atoms. The molecule has 0 spiro atoms. The molecule has 2 rings (SSSR count). The molecular weight excluding hydrogens is 298 g/mol. The van der Waals surface area contributed by atoms with Crippen LogP contribution in [0.5, 0.6) is 0 Å². The van der Waals surface area contributed by atoms with Gasteiger partial charge in [-0.05, 0) is 45.0 Å². The molecule has 0 aliphatic carbocycles. The number of benzene rings is 2. The lowest BCUT2D eigenvalue weighted by Gasteiger charge is -2.12. The molecule has 0 unspecified atom stereocenters. The third kappa shape index (κ3) is 4.18. The lowest BCUT2D eigenvalue weighted by atomic mass is 10.2. The fourth-order valence-electron chi connectivity index (χ4n) is 1.82. The summed E-state index contributed by atoms with van der Waals surface area (Å²) in [4.78, 5) is 0.152. The van der Waals surface area contributed by atoms with E-state index in [4.69, 9.17) is 4.74 Å². The van der Waals surface area contributed by atoms with E-state index in [2.05, 4.69) is 4.40 Å².